The van der Waals surface area contributed by atoms with E-state index in [0.717, 1.165) is 11.5 Å². The molecule has 1 amide bonds. The number of hydrogen-bond acceptors (Lipinski definition) is 4. The fourth-order valence-corrected chi connectivity index (χ4v) is 3.59. The average Bonchev–Trinajstić information content (AvgIpc) is 2.63. The molecule has 2 rings (SSSR count). The van der Waals surface area contributed by atoms with Gasteiger partial charge in [0, 0.05) is 23.6 Å². The first kappa shape index (κ1) is 19.7. The zero-order chi connectivity index (χ0) is 18.2. The molecule has 2 aromatic carbocycles. The molecule has 0 aromatic heterocycles. The van der Waals surface area contributed by atoms with Gasteiger partial charge in [-0.2, -0.15) is 11.8 Å². The summed E-state index contributed by atoms with van der Waals surface area (Å²) in [5.74, 6) is 2.79. The number of thioether (sulfide) groups is 1. The summed E-state index contributed by atoms with van der Waals surface area (Å²) < 4.78 is 11.2. The third-order valence-electron chi connectivity index (χ3n) is 3.63. The van der Waals surface area contributed by atoms with Crippen LogP contribution in [0.4, 0.5) is 0 Å². The van der Waals surface area contributed by atoms with Crippen LogP contribution in [0.5, 0.6) is 11.5 Å². The summed E-state index contributed by atoms with van der Waals surface area (Å²) in [5, 5.41) is 2.93. The summed E-state index contributed by atoms with van der Waals surface area (Å²) in [6.07, 6.45) is 0. The van der Waals surface area contributed by atoms with E-state index < -0.39 is 0 Å². The number of methoxy groups -OCH3 is 2. The molecule has 1 N–H and O–H groups in total. The van der Waals surface area contributed by atoms with Gasteiger partial charge >= 0.3 is 0 Å². The smallest absolute Gasteiger partial charge is 0.251 e. The first-order chi connectivity index (χ1) is 12.0. The lowest BCUT2D eigenvalue weighted by Crippen LogP contribution is -2.25. The van der Waals surface area contributed by atoms with Gasteiger partial charge in [0.1, 0.15) is 16.0 Å². The number of nitrogens with one attached hydrogen (secondary N) is 1. The second-order valence-corrected chi connectivity index (χ2v) is 7.39. The molecule has 0 aliphatic heterocycles. The van der Waals surface area contributed by atoms with Gasteiger partial charge in [-0.25, -0.2) is 0 Å². The number of halogens is 1. The average molecular weight is 424 g/mol. The second kappa shape index (κ2) is 9.73. The van der Waals surface area contributed by atoms with Gasteiger partial charge in [-0.1, -0.05) is 29.8 Å². The van der Waals surface area contributed by atoms with Crippen molar-refractivity contribution in [2.45, 2.75) is 12.7 Å². The van der Waals surface area contributed by atoms with Crippen molar-refractivity contribution in [3.63, 3.8) is 0 Å². The van der Waals surface area contributed by atoms with Gasteiger partial charge in [-0.05, 0) is 40.5 Å². The Kier molecular flexibility index (Phi) is 7.65. The summed E-state index contributed by atoms with van der Waals surface area (Å²) in [7, 11) is 3.12. The van der Waals surface area contributed by atoms with Gasteiger partial charge in [0.05, 0.1) is 14.2 Å². The predicted octanol–water partition coefficient (Wildman–Crippen LogP) is 4.44. The molecule has 2 aromatic rings. The molecule has 0 bridgehead atoms. The minimum atomic E-state index is -0.139. The fraction of sp³-hybridized carbons (Fsp3) is 0.316. The molecule has 0 saturated heterocycles. The zero-order valence-electron chi connectivity index (χ0n) is 14.6. The Bertz CT molecular complexity index is 694. The number of carbonyl (C=O) groups is 1. The predicted molar refractivity (Wildman–Crippen MR) is 107 cm³/mol. The highest BCUT2D eigenvalue weighted by Crippen LogP contribution is 2.35. The van der Waals surface area contributed by atoms with Gasteiger partial charge in [-0.15, -0.1) is 0 Å². The maximum atomic E-state index is 12.3. The van der Waals surface area contributed by atoms with E-state index >= 15 is 0 Å². The quantitative estimate of drug-likeness (QED) is 0.637. The van der Waals surface area contributed by atoms with Crippen LogP contribution in [0.3, 0.4) is 0 Å². The van der Waals surface area contributed by atoms with E-state index in [1.807, 2.05) is 0 Å². The van der Waals surface area contributed by atoms with Crippen LogP contribution >= 0.6 is 27.7 Å². The number of rotatable bonds is 8. The van der Waals surface area contributed by atoms with Crippen LogP contribution in [0.2, 0.25) is 0 Å². The summed E-state index contributed by atoms with van der Waals surface area (Å²) in [6.45, 7) is 2.69. The molecule has 0 spiro atoms. The van der Waals surface area contributed by atoms with Crippen LogP contribution < -0.4 is 14.8 Å². The molecule has 0 aliphatic carbocycles. The highest BCUT2D eigenvalue weighted by Gasteiger charge is 2.14. The number of aryl methyl sites for hydroxylation is 1. The molecule has 4 nitrogen and oxygen atoms in total. The molecule has 0 unspecified atom stereocenters. The summed E-state index contributed by atoms with van der Waals surface area (Å²) in [6, 6.07) is 11.9. The second-order valence-electron chi connectivity index (χ2n) is 5.49. The number of amides is 1. The lowest BCUT2D eigenvalue weighted by molar-refractivity contribution is 0.0955. The lowest BCUT2D eigenvalue weighted by Gasteiger charge is -2.11. The zero-order valence-corrected chi connectivity index (χ0v) is 17.0. The van der Waals surface area contributed by atoms with Crippen LogP contribution in [0, 0.1) is 6.92 Å². The molecule has 134 valence electrons. The molecule has 0 heterocycles. The molecular formula is C19H22BrNO3S. The molecule has 0 aliphatic rings. The monoisotopic (exact) mass is 423 g/mol. The molecular weight excluding hydrogens is 402 g/mol. The Hall–Kier alpha value is -1.66. The summed E-state index contributed by atoms with van der Waals surface area (Å²) in [4.78, 5) is 12.3. The van der Waals surface area contributed by atoms with Gasteiger partial charge in [0.25, 0.3) is 5.91 Å². The van der Waals surface area contributed by atoms with Crippen molar-refractivity contribution in [2.24, 2.45) is 0 Å². The van der Waals surface area contributed by atoms with Gasteiger partial charge in [0.15, 0.2) is 0 Å². The van der Waals surface area contributed by atoms with Crippen LogP contribution in [0.15, 0.2) is 40.9 Å². The van der Waals surface area contributed by atoms with Crippen LogP contribution in [0.25, 0.3) is 0 Å². The first-order valence-electron chi connectivity index (χ1n) is 7.88. The highest BCUT2D eigenvalue weighted by atomic mass is 79.9. The van der Waals surface area contributed by atoms with Crippen LogP contribution in [-0.2, 0) is 5.75 Å². The maximum Gasteiger partial charge on any atom is 0.251 e. The van der Waals surface area contributed by atoms with Gasteiger partial charge in [-0.3, -0.25) is 4.79 Å². The molecule has 6 heteroatoms. The molecule has 0 saturated carbocycles. The topological polar surface area (TPSA) is 47.6 Å². The van der Waals surface area contributed by atoms with Crippen molar-refractivity contribution in [3.05, 3.63) is 57.6 Å². The Morgan fingerprint density at radius 3 is 2.28 bits per heavy atom. The molecule has 25 heavy (non-hydrogen) atoms. The Morgan fingerprint density at radius 2 is 1.72 bits per heavy atom. The number of hydrogen-bond donors (Lipinski definition) is 1. The molecule has 0 radical (unpaired) electrons. The standard InChI is InChI=1S/C19H22BrNO3S/c1-13-4-6-14(7-5-13)12-25-9-8-21-19(22)15-10-16(23-2)18(20)17(11-15)24-3/h4-7,10-11H,8-9,12H2,1-3H3,(H,21,22). The lowest BCUT2D eigenvalue weighted by atomic mass is 10.2. The van der Waals surface area contributed by atoms with Crippen molar-refractivity contribution >= 4 is 33.6 Å². The number of benzene rings is 2. The number of ether oxygens (including phenoxy) is 2. The van der Waals surface area contributed by atoms with E-state index in [2.05, 4.69) is 52.4 Å². The van der Waals surface area contributed by atoms with Crippen LogP contribution in [-0.4, -0.2) is 32.4 Å². The highest BCUT2D eigenvalue weighted by molar-refractivity contribution is 9.10. The van der Waals surface area contributed by atoms with Crippen molar-refractivity contribution in [2.75, 3.05) is 26.5 Å². The van der Waals surface area contributed by atoms with Crippen molar-refractivity contribution in [1.82, 2.24) is 5.32 Å². The van der Waals surface area contributed by atoms with Crippen molar-refractivity contribution in [3.8, 4) is 11.5 Å². The van der Waals surface area contributed by atoms with E-state index in [4.69, 9.17) is 9.47 Å². The SMILES string of the molecule is COc1cc(C(=O)NCCSCc2ccc(C)cc2)cc(OC)c1Br. The molecule has 0 fully saturated rings. The van der Waals surface area contributed by atoms with E-state index in [0.29, 0.717) is 28.1 Å². The van der Waals surface area contributed by atoms with E-state index in [9.17, 15) is 4.79 Å². The molecule has 0 atom stereocenters. The van der Waals surface area contributed by atoms with Crippen LogP contribution in [0.1, 0.15) is 21.5 Å². The van der Waals surface area contributed by atoms with Crippen molar-refractivity contribution in [1.29, 1.82) is 0 Å². The fourth-order valence-electron chi connectivity index (χ4n) is 2.21. The maximum absolute atomic E-state index is 12.3. The van der Waals surface area contributed by atoms with Gasteiger partial charge in [0.2, 0.25) is 0 Å². The van der Waals surface area contributed by atoms with E-state index in [1.165, 1.54) is 11.1 Å². The summed E-state index contributed by atoms with van der Waals surface area (Å²) in [5.41, 5.74) is 3.08. The Morgan fingerprint density at radius 1 is 1.12 bits per heavy atom. The normalized spacial score (nSPS) is 10.4. The van der Waals surface area contributed by atoms with Crippen molar-refractivity contribution < 1.29 is 14.3 Å². The van der Waals surface area contributed by atoms with E-state index in [-0.39, 0.29) is 5.91 Å². The minimum Gasteiger partial charge on any atom is -0.495 e. The van der Waals surface area contributed by atoms with Gasteiger partial charge < -0.3 is 14.8 Å². The summed E-state index contributed by atoms with van der Waals surface area (Å²) >= 11 is 5.20. The Labute approximate surface area is 161 Å². The third-order valence-corrected chi connectivity index (χ3v) is 5.44. The first-order valence-corrected chi connectivity index (χ1v) is 9.83. The minimum absolute atomic E-state index is 0.139. The largest absolute Gasteiger partial charge is 0.495 e. The van der Waals surface area contributed by atoms with E-state index in [1.54, 1.807) is 38.1 Å². The third kappa shape index (κ3) is 5.68. The Balaban J connectivity index is 1.83. The number of carbonyl (C=O) groups excluding carboxylic acids is 1.